The minimum Gasteiger partial charge on any atom is -0.478 e. The fourth-order valence-electron chi connectivity index (χ4n) is 1.09. The Hall–Kier alpha value is -2.02. The van der Waals surface area contributed by atoms with Gasteiger partial charge >= 0.3 is 12.1 Å². The molecule has 0 radical (unpaired) electrons. The van der Waals surface area contributed by atoms with Gasteiger partial charge in [-0.05, 0) is 6.07 Å². The lowest BCUT2D eigenvalue weighted by Gasteiger charge is -2.03. The number of nitrogens with one attached hydrogen (secondary N) is 1. The highest BCUT2D eigenvalue weighted by molar-refractivity contribution is 5.88. The van der Waals surface area contributed by atoms with Crippen molar-refractivity contribution in [2.75, 3.05) is 13.2 Å². The molecule has 0 fully saturated rings. The molecule has 0 unspecified atom stereocenters. The third-order valence-corrected chi connectivity index (χ3v) is 1.78. The Labute approximate surface area is 91.2 Å². The van der Waals surface area contributed by atoms with Gasteiger partial charge in [0.25, 0.3) is 0 Å². The van der Waals surface area contributed by atoms with Gasteiger partial charge in [0.1, 0.15) is 17.9 Å². The number of aromatic carboxylic acids is 1. The number of ether oxygens (including phenoxy) is 1. The van der Waals surface area contributed by atoms with Gasteiger partial charge in [0, 0.05) is 6.54 Å². The van der Waals surface area contributed by atoms with Gasteiger partial charge < -0.3 is 25.3 Å². The van der Waals surface area contributed by atoms with Gasteiger partial charge in [-0.15, -0.1) is 0 Å². The molecular weight excluding hydrogens is 216 g/mol. The first kappa shape index (κ1) is 12.1. The Morgan fingerprint density at radius 2 is 2.31 bits per heavy atom. The topological polar surface area (TPSA) is 115 Å². The maximum absolute atomic E-state index is 10.7. The number of nitrogens with two attached hydrogens (primary N) is 1. The summed E-state index contributed by atoms with van der Waals surface area (Å²) in [6.07, 6.45) is 0.464. The third-order valence-electron chi connectivity index (χ3n) is 1.78. The average Bonchev–Trinajstić information content (AvgIpc) is 2.65. The molecule has 16 heavy (non-hydrogen) atoms. The normalized spacial score (nSPS) is 10.0. The summed E-state index contributed by atoms with van der Waals surface area (Å²) in [6, 6.07) is 1.37. The van der Waals surface area contributed by atoms with Crippen LogP contribution in [0.1, 0.15) is 16.1 Å². The summed E-state index contributed by atoms with van der Waals surface area (Å²) in [6.45, 7) is 0.734. The molecule has 1 rings (SSSR count). The van der Waals surface area contributed by atoms with E-state index in [0.29, 0.717) is 12.3 Å². The Kier molecular flexibility index (Phi) is 4.34. The molecule has 0 saturated carbocycles. The molecule has 1 amide bonds. The van der Waals surface area contributed by atoms with Crippen LogP contribution in [0.2, 0.25) is 0 Å². The first-order valence-corrected chi connectivity index (χ1v) is 4.54. The van der Waals surface area contributed by atoms with E-state index in [1.807, 2.05) is 0 Å². The number of hydrogen-bond acceptors (Lipinski definition) is 5. The molecule has 0 aliphatic rings. The summed E-state index contributed by atoms with van der Waals surface area (Å²) < 4.78 is 9.45. The first-order chi connectivity index (χ1) is 7.61. The van der Waals surface area contributed by atoms with Crippen molar-refractivity contribution in [1.82, 2.24) is 5.32 Å². The summed E-state index contributed by atoms with van der Waals surface area (Å²) in [5.74, 6) is -0.717. The lowest BCUT2D eigenvalue weighted by atomic mass is 10.2. The van der Waals surface area contributed by atoms with Crippen molar-refractivity contribution in [3.8, 4) is 0 Å². The molecule has 0 atom stereocenters. The fourth-order valence-corrected chi connectivity index (χ4v) is 1.09. The van der Waals surface area contributed by atoms with Crippen molar-refractivity contribution in [3.05, 3.63) is 23.7 Å². The quantitative estimate of drug-likeness (QED) is 0.597. The first-order valence-electron chi connectivity index (χ1n) is 4.54. The van der Waals surface area contributed by atoms with Crippen LogP contribution >= 0.6 is 0 Å². The van der Waals surface area contributed by atoms with E-state index in [-0.39, 0.29) is 18.7 Å². The molecule has 1 aromatic rings. The lowest BCUT2D eigenvalue weighted by Crippen LogP contribution is -2.23. The van der Waals surface area contributed by atoms with Gasteiger partial charge in [0.2, 0.25) is 0 Å². The van der Waals surface area contributed by atoms with Crippen molar-refractivity contribution in [1.29, 1.82) is 0 Å². The zero-order valence-electron chi connectivity index (χ0n) is 8.43. The highest BCUT2D eigenvalue weighted by Gasteiger charge is 2.12. The molecule has 0 aliphatic heterocycles. The van der Waals surface area contributed by atoms with Gasteiger partial charge in [-0.1, -0.05) is 0 Å². The van der Waals surface area contributed by atoms with Gasteiger partial charge in [-0.2, -0.15) is 0 Å². The Morgan fingerprint density at radius 3 is 2.94 bits per heavy atom. The molecule has 4 N–H and O–H groups in total. The minimum absolute atomic E-state index is 0.114. The van der Waals surface area contributed by atoms with Crippen LogP contribution in [-0.2, 0) is 11.3 Å². The average molecular weight is 228 g/mol. The summed E-state index contributed by atoms with van der Waals surface area (Å²) in [5, 5.41) is 11.6. The van der Waals surface area contributed by atoms with Crippen molar-refractivity contribution in [2.24, 2.45) is 5.73 Å². The molecule has 0 aromatic carbocycles. The van der Waals surface area contributed by atoms with E-state index in [9.17, 15) is 9.59 Å². The number of carbonyl (C=O) groups excluding carboxylic acids is 1. The summed E-state index contributed by atoms with van der Waals surface area (Å²) >= 11 is 0. The monoisotopic (exact) mass is 228 g/mol. The zero-order valence-corrected chi connectivity index (χ0v) is 8.43. The predicted molar refractivity (Wildman–Crippen MR) is 52.9 cm³/mol. The van der Waals surface area contributed by atoms with Crippen LogP contribution in [0.5, 0.6) is 0 Å². The second kappa shape index (κ2) is 5.76. The number of amides is 1. The molecule has 1 heterocycles. The Bertz CT molecular complexity index is 374. The van der Waals surface area contributed by atoms with Crippen molar-refractivity contribution in [3.63, 3.8) is 0 Å². The van der Waals surface area contributed by atoms with Crippen LogP contribution in [0, 0.1) is 0 Å². The zero-order chi connectivity index (χ0) is 12.0. The number of carboxylic acids is 1. The lowest BCUT2D eigenvalue weighted by molar-refractivity contribution is 0.0694. The van der Waals surface area contributed by atoms with Crippen LogP contribution in [0.3, 0.4) is 0 Å². The summed E-state index contributed by atoms with van der Waals surface area (Å²) in [5.41, 5.74) is 4.86. The maximum atomic E-state index is 10.7. The van der Waals surface area contributed by atoms with E-state index in [1.54, 1.807) is 0 Å². The Morgan fingerprint density at radius 1 is 1.56 bits per heavy atom. The largest absolute Gasteiger partial charge is 0.478 e. The molecule has 1 aromatic heterocycles. The fraction of sp³-hybridized carbons (Fsp3) is 0.333. The molecule has 0 saturated heterocycles. The van der Waals surface area contributed by atoms with Gasteiger partial charge in [0.05, 0.1) is 12.8 Å². The third kappa shape index (κ3) is 3.62. The predicted octanol–water partition coefficient (Wildman–Crippen LogP) is 0.163. The molecule has 0 bridgehead atoms. The summed E-state index contributed by atoms with van der Waals surface area (Å²) in [7, 11) is 0. The molecule has 0 spiro atoms. The molecule has 7 nitrogen and oxygen atoms in total. The number of carbonyl (C=O) groups is 2. The van der Waals surface area contributed by atoms with E-state index in [0.717, 1.165) is 0 Å². The molecule has 0 aliphatic carbocycles. The smallest absolute Gasteiger partial charge is 0.404 e. The van der Waals surface area contributed by atoms with Crippen LogP contribution in [0.25, 0.3) is 0 Å². The number of carboxylic acid groups (broad SMARTS) is 1. The SMILES string of the molecule is NC(=O)OCCNCc1occc1C(=O)O. The van der Waals surface area contributed by atoms with Gasteiger partial charge in [-0.3, -0.25) is 0 Å². The molecule has 88 valence electrons. The summed E-state index contributed by atoms with van der Waals surface area (Å²) in [4.78, 5) is 20.9. The van der Waals surface area contributed by atoms with Crippen LogP contribution in [0.15, 0.2) is 16.7 Å². The second-order valence-electron chi connectivity index (χ2n) is 2.91. The van der Waals surface area contributed by atoms with Gasteiger partial charge in [-0.25, -0.2) is 9.59 Å². The van der Waals surface area contributed by atoms with E-state index in [2.05, 4.69) is 10.1 Å². The number of hydrogen-bond donors (Lipinski definition) is 3. The number of furan rings is 1. The molecular formula is C9H12N2O5. The standard InChI is InChI=1S/C9H12N2O5/c10-9(14)16-4-2-11-5-7-6(8(12)13)1-3-15-7/h1,3,11H,2,4-5H2,(H2,10,14)(H,12,13). The van der Waals surface area contributed by atoms with Crippen LogP contribution < -0.4 is 11.1 Å². The van der Waals surface area contributed by atoms with Crippen molar-refractivity contribution < 1.29 is 23.8 Å². The van der Waals surface area contributed by atoms with E-state index >= 15 is 0 Å². The van der Waals surface area contributed by atoms with E-state index in [1.165, 1.54) is 12.3 Å². The van der Waals surface area contributed by atoms with E-state index < -0.39 is 12.1 Å². The maximum Gasteiger partial charge on any atom is 0.404 e. The highest BCUT2D eigenvalue weighted by atomic mass is 16.5. The van der Waals surface area contributed by atoms with Gasteiger partial charge in [0.15, 0.2) is 0 Å². The van der Waals surface area contributed by atoms with Crippen LogP contribution in [-0.4, -0.2) is 30.3 Å². The second-order valence-corrected chi connectivity index (χ2v) is 2.91. The van der Waals surface area contributed by atoms with Crippen LogP contribution in [0.4, 0.5) is 4.79 Å². The number of primary amides is 1. The number of rotatable bonds is 6. The highest BCUT2D eigenvalue weighted by Crippen LogP contribution is 2.09. The van der Waals surface area contributed by atoms with Crippen molar-refractivity contribution in [2.45, 2.75) is 6.54 Å². The molecule has 7 heteroatoms. The Balaban J connectivity index is 2.29. The van der Waals surface area contributed by atoms with E-state index in [4.69, 9.17) is 15.3 Å². The minimum atomic E-state index is -1.04. The van der Waals surface area contributed by atoms with Crippen molar-refractivity contribution >= 4 is 12.1 Å².